The Kier molecular flexibility index (Phi) is 5.79. The maximum atomic E-state index is 6.41. The topological polar surface area (TPSA) is 29.3 Å². The normalized spacial score (nSPS) is 11.3. The maximum absolute atomic E-state index is 6.41. The molecule has 0 atom stereocenters. The summed E-state index contributed by atoms with van der Waals surface area (Å²) in [6.07, 6.45) is 3.68. The fraction of sp³-hybridized carbons (Fsp3) is 0. The average Bonchev–Trinajstić information content (AvgIpc) is 3.45. The molecule has 8 aromatic rings. The molecule has 42 heavy (non-hydrogen) atoms. The average molecular weight is 539 g/mol. The van der Waals surface area contributed by atoms with Gasteiger partial charge in [-0.2, -0.15) is 0 Å². The van der Waals surface area contributed by atoms with E-state index in [9.17, 15) is 0 Å². The van der Waals surface area contributed by atoms with E-state index in [1.54, 1.807) is 6.20 Å². The van der Waals surface area contributed by atoms with Crippen LogP contribution in [0.15, 0.2) is 162 Å². The smallest absolute Gasteiger partial charge is 0.138 e. The molecule has 198 valence electrons. The van der Waals surface area contributed by atoms with E-state index >= 15 is 0 Å². The van der Waals surface area contributed by atoms with Crippen molar-refractivity contribution in [3.63, 3.8) is 0 Å². The molecule has 0 saturated heterocycles. The van der Waals surface area contributed by atoms with Crippen LogP contribution >= 0.6 is 0 Å². The molecule has 0 aliphatic carbocycles. The zero-order valence-electron chi connectivity index (χ0n) is 22.8. The van der Waals surface area contributed by atoms with Crippen molar-refractivity contribution in [2.24, 2.45) is 0 Å². The molecular weight excluding hydrogens is 512 g/mol. The summed E-state index contributed by atoms with van der Waals surface area (Å²) in [6.45, 7) is 0. The minimum absolute atomic E-state index is 0.841. The van der Waals surface area contributed by atoms with Crippen LogP contribution in [-0.4, -0.2) is 4.98 Å². The van der Waals surface area contributed by atoms with Crippen molar-refractivity contribution in [2.45, 2.75) is 0 Å². The van der Waals surface area contributed by atoms with Gasteiger partial charge in [0.1, 0.15) is 11.2 Å². The van der Waals surface area contributed by atoms with Crippen LogP contribution in [-0.2, 0) is 0 Å². The molecule has 0 spiro atoms. The third-order valence-corrected chi connectivity index (χ3v) is 7.96. The lowest BCUT2D eigenvalue weighted by Gasteiger charge is -2.27. The van der Waals surface area contributed by atoms with E-state index < -0.39 is 0 Å². The highest BCUT2D eigenvalue weighted by Gasteiger charge is 2.20. The van der Waals surface area contributed by atoms with Crippen molar-refractivity contribution in [2.75, 3.05) is 4.90 Å². The van der Waals surface area contributed by atoms with Gasteiger partial charge in [-0.05, 0) is 58.0 Å². The highest BCUT2D eigenvalue weighted by Crippen LogP contribution is 2.44. The van der Waals surface area contributed by atoms with Gasteiger partial charge in [0.25, 0.3) is 0 Å². The molecule has 0 aliphatic heterocycles. The van der Waals surface area contributed by atoms with E-state index in [1.807, 2.05) is 24.4 Å². The molecule has 0 radical (unpaired) electrons. The van der Waals surface area contributed by atoms with Crippen LogP contribution in [0.25, 0.3) is 55.0 Å². The fourth-order valence-electron chi connectivity index (χ4n) is 5.95. The Hall–Kier alpha value is -5.67. The highest BCUT2D eigenvalue weighted by molar-refractivity contribution is 6.22. The fourth-order valence-corrected chi connectivity index (χ4v) is 5.95. The minimum atomic E-state index is 0.841. The van der Waals surface area contributed by atoms with Crippen molar-refractivity contribution in [3.8, 4) is 22.3 Å². The summed E-state index contributed by atoms with van der Waals surface area (Å²) in [5.74, 6) is 0. The van der Waals surface area contributed by atoms with Gasteiger partial charge in [0, 0.05) is 46.0 Å². The number of hydrogen-bond acceptors (Lipinski definition) is 3. The number of anilines is 3. The molecule has 0 aliphatic rings. The molecule has 6 aromatic carbocycles. The lowest BCUT2D eigenvalue weighted by molar-refractivity contribution is 0.669. The van der Waals surface area contributed by atoms with Gasteiger partial charge in [-0.25, -0.2) is 0 Å². The summed E-state index contributed by atoms with van der Waals surface area (Å²) in [7, 11) is 0. The second kappa shape index (κ2) is 10.1. The van der Waals surface area contributed by atoms with Crippen LogP contribution in [0.2, 0.25) is 0 Å². The number of pyridine rings is 1. The third kappa shape index (κ3) is 4.11. The zero-order valence-corrected chi connectivity index (χ0v) is 22.8. The third-order valence-electron chi connectivity index (χ3n) is 7.96. The van der Waals surface area contributed by atoms with Gasteiger partial charge in [-0.3, -0.25) is 4.98 Å². The number of furan rings is 1. The Balaban J connectivity index is 1.35. The first-order valence-corrected chi connectivity index (χ1v) is 14.1. The second-order valence-corrected chi connectivity index (χ2v) is 10.4. The van der Waals surface area contributed by atoms with Gasteiger partial charge >= 0.3 is 0 Å². The minimum Gasteiger partial charge on any atom is -0.456 e. The molecule has 3 nitrogen and oxygen atoms in total. The van der Waals surface area contributed by atoms with Crippen LogP contribution in [0, 0.1) is 0 Å². The molecule has 0 saturated carbocycles. The van der Waals surface area contributed by atoms with E-state index in [0.717, 1.165) is 49.8 Å². The van der Waals surface area contributed by atoms with Crippen molar-refractivity contribution >= 4 is 49.8 Å². The van der Waals surface area contributed by atoms with E-state index in [0.29, 0.717) is 0 Å². The Morgan fingerprint density at radius 3 is 1.57 bits per heavy atom. The van der Waals surface area contributed by atoms with Gasteiger partial charge < -0.3 is 9.32 Å². The number of fused-ring (bicyclic) bond motifs is 5. The molecule has 0 amide bonds. The maximum Gasteiger partial charge on any atom is 0.138 e. The number of rotatable bonds is 5. The van der Waals surface area contributed by atoms with Crippen LogP contribution in [0.1, 0.15) is 0 Å². The quantitative estimate of drug-likeness (QED) is 0.218. The number of hydrogen-bond donors (Lipinski definition) is 0. The largest absolute Gasteiger partial charge is 0.456 e. The monoisotopic (exact) mass is 538 g/mol. The number of benzene rings is 6. The van der Waals surface area contributed by atoms with E-state index in [1.165, 1.54) is 22.3 Å². The molecular formula is C39H26N2O. The Morgan fingerprint density at radius 2 is 0.976 bits per heavy atom. The Labute approximate surface area is 243 Å². The molecule has 2 heterocycles. The first kappa shape index (κ1) is 24.2. The Bertz CT molecular complexity index is 2080. The summed E-state index contributed by atoms with van der Waals surface area (Å²) < 4.78 is 6.41. The van der Waals surface area contributed by atoms with E-state index in [4.69, 9.17) is 4.42 Å². The molecule has 3 heteroatoms. The van der Waals surface area contributed by atoms with Crippen LogP contribution < -0.4 is 4.90 Å². The lowest BCUT2D eigenvalue weighted by Crippen LogP contribution is -2.10. The predicted octanol–water partition coefficient (Wildman–Crippen LogP) is 10.9. The SMILES string of the molecule is c1ccc(-c2ccc(N(c3ccc(-c4ccccc4)cc3)c3cc4oc5ccncc5c4c4ccccc34)cc2)cc1. The predicted molar refractivity (Wildman–Crippen MR) is 175 cm³/mol. The number of nitrogens with zero attached hydrogens (tertiary/aromatic N) is 2. The van der Waals surface area contributed by atoms with E-state index in [2.05, 4.69) is 137 Å². The molecule has 2 aromatic heterocycles. The zero-order chi connectivity index (χ0) is 27.9. The number of aromatic nitrogens is 1. The van der Waals surface area contributed by atoms with Crippen LogP contribution in [0.5, 0.6) is 0 Å². The standard InChI is InChI=1S/C39H26N2O/c1-3-9-27(10-4-1)29-15-19-31(20-16-29)41(32-21-17-30(18-22-32)28-11-5-2-6-12-28)36-25-38-39(34-14-8-7-13-33(34)36)35-26-40-24-23-37(35)42-38/h1-26H. The van der Waals surface area contributed by atoms with Crippen molar-refractivity contribution in [1.82, 2.24) is 4.98 Å². The van der Waals surface area contributed by atoms with Crippen molar-refractivity contribution in [3.05, 3.63) is 158 Å². The van der Waals surface area contributed by atoms with Gasteiger partial charge in [-0.1, -0.05) is 109 Å². The van der Waals surface area contributed by atoms with Crippen molar-refractivity contribution < 1.29 is 4.42 Å². The van der Waals surface area contributed by atoms with Gasteiger partial charge in [0.05, 0.1) is 5.69 Å². The molecule has 0 N–H and O–H groups in total. The first-order chi connectivity index (χ1) is 20.8. The summed E-state index contributed by atoms with van der Waals surface area (Å²) in [5.41, 5.74) is 9.66. The highest BCUT2D eigenvalue weighted by atomic mass is 16.3. The summed E-state index contributed by atoms with van der Waals surface area (Å²) in [4.78, 5) is 6.72. The molecule has 0 unspecified atom stereocenters. The van der Waals surface area contributed by atoms with Gasteiger partial charge in [0.2, 0.25) is 0 Å². The van der Waals surface area contributed by atoms with Crippen LogP contribution in [0.4, 0.5) is 17.1 Å². The Morgan fingerprint density at radius 1 is 0.452 bits per heavy atom. The second-order valence-electron chi connectivity index (χ2n) is 10.4. The van der Waals surface area contributed by atoms with E-state index in [-0.39, 0.29) is 0 Å². The molecule has 8 rings (SSSR count). The lowest BCUT2D eigenvalue weighted by atomic mass is 10.00. The van der Waals surface area contributed by atoms with Gasteiger partial charge in [0.15, 0.2) is 0 Å². The molecule has 0 fully saturated rings. The van der Waals surface area contributed by atoms with Gasteiger partial charge in [-0.15, -0.1) is 0 Å². The molecule has 0 bridgehead atoms. The summed E-state index contributed by atoms with van der Waals surface area (Å²) >= 11 is 0. The summed E-state index contributed by atoms with van der Waals surface area (Å²) in [6, 6.07) is 51.3. The van der Waals surface area contributed by atoms with Crippen LogP contribution in [0.3, 0.4) is 0 Å². The summed E-state index contributed by atoms with van der Waals surface area (Å²) in [5, 5.41) is 4.41. The first-order valence-electron chi connectivity index (χ1n) is 14.1. The van der Waals surface area contributed by atoms with Crippen molar-refractivity contribution in [1.29, 1.82) is 0 Å².